The molecule has 0 saturated carbocycles. The van der Waals surface area contributed by atoms with Crippen molar-refractivity contribution in [2.24, 2.45) is 5.92 Å². The molecular formula is C21H24FNO5S. The highest BCUT2D eigenvalue weighted by molar-refractivity contribution is 7.84. The Labute approximate surface area is 171 Å². The van der Waals surface area contributed by atoms with Crippen molar-refractivity contribution in [3.8, 4) is 0 Å². The third-order valence-electron chi connectivity index (χ3n) is 5.93. The second-order valence-electron chi connectivity index (χ2n) is 7.44. The Hall–Kier alpha value is -2.32. The number of hydrogen-bond acceptors (Lipinski definition) is 4. The molecule has 6 nitrogen and oxygen atoms in total. The number of rotatable bonds is 6. The molecule has 1 saturated heterocycles. The Morgan fingerprint density at radius 2 is 1.90 bits per heavy atom. The van der Waals surface area contributed by atoms with E-state index in [1.54, 1.807) is 36.1 Å². The van der Waals surface area contributed by atoms with E-state index >= 15 is 0 Å². The Morgan fingerprint density at radius 1 is 1.24 bits per heavy atom. The van der Waals surface area contributed by atoms with E-state index in [2.05, 4.69) is 0 Å². The highest BCUT2D eigenvalue weighted by atomic mass is 32.2. The number of carboxylic acids is 2. The first kappa shape index (κ1) is 21.4. The summed E-state index contributed by atoms with van der Waals surface area (Å²) in [5.41, 5.74) is -0.976. The second kappa shape index (κ2) is 8.59. The van der Waals surface area contributed by atoms with Gasteiger partial charge in [0.15, 0.2) is 0 Å². The van der Waals surface area contributed by atoms with Crippen molar-refractivity contribution in [1.29, 1.82) is 0 Å². The van der Waals surface area contributed by atoms with Gasteiger partial charge >= 0.3 is 11.9 Å². The molecule has 29 heavy (non-hydrogen) atoms. The predicted molar refractivity (Wildman–Crippen MR) is 107 cm³/mol. The fourth-order valence-corrected chi connectivity index (χ4v) is 5.74. The van der Waals surface area contributed by atoms with Crippen LogP contribution in [0.25, 0.3) is 0 Å². The molecule has 1 aliphatic heterocycles. The number of halogens is 1. The van der Waals surface area contributed by atoms with Gasteiger partial charge in [-0.2, -0.15) is 0 Å². The van der Waals surface area contributed by atoms with Crippen molar-refractivity contribution in [3.63, 3.8) is 0 Å². The number of carbonyl (C=O) groups is 2. The van der Waals surface area contributed by atoms with Gasteiger partial charge < -0.3 is 10.2 Å². The summed E-state index contributed by atoms with van der Waals surface area (Å²) in [5, 5.41) is 19.3. The fraction of sp³-hybridized carbons (Fsp3) is 0.429. The zero-order valence-corrected chi connectivity index (χ0v) is 16.9. The van der Waals surface area contributed by atoms with Crippen molar-refractivity contribution in [1.82, 2.24) is 4.90 Å². The van der Waals surface area contributed by atoms with E-state index in [9.17, 15) is 28.4 Å². The molecule has 8 heteroatoms. The SMILES string of the molecule is CC1C(C(=O)O)=CC=CC1(C(=O)O)N1CCC(S(=O)Cc2ccccc2F)CC1. The van der Waals surface area contributed by atoms with Crippen molar-refractivity contribution < 1.29 is 28.4 Å². The zero-order chi connectivity index (χ0) is 21.2. The van der Waals surface area contributed by atoms with Crippen molar-refractivity contribution >= 4 is 22.7 Å². The van der Waals surface area contributed by atoms with Crippen molar-refractivity contribution in [2.45, 2.75) is 36.3 Å². The van der Waals surface area contributed by atoms with Crippen LogP contribution < -0.4 is 0 Å². The largest absolute Gasteiger partial charge is 0.480 e. The van der Waals surface area contributed by atoms with Crippen LogP contribution in [-0.4, -0.2) is 55.1 Å². The highest BCUT2D eigenvalue weighted by Gasteiger charge is 2.51. The number of likely N-dealkylation sites (tertiary alicyclic amines) is 1. The van der Waals surface area contributed by atoms with Gasteiger partial charge in [0.1, 0.15) is 11.4 Å². The number of carboxylic acid groups (broad SMARTS) is 2. The van der Waals surface area contributed by atoms with Crippen LogP contribution in [0.15, 0.2) is 48.1 Å². The number of allylic oxidation sites excluding steroid dienone is 2. The van der Waals surface area contributed by atoms with Gasteiger partial charge in [-0.05, 0) is 18.9 Å². The molecule has 3 unspecified atom stereocenters. The lowest BCUT2D eigenvalue weighted by atomic mass is 9.74. The van der Waals surface area contributed by atoms with E-state index in [1.807, 2.05) is 0 Å². The van der Waals surface area contributed by atoms with Crippen LogP contribution in [0.5, 0.6) is 0 Å². The summed E-state index contributed by atoms with van der Waals surface area (Å²) in [6, 6.07) is 6.26. The number of nitrogens with zero attached hydrogens (tertiary/aromatic N) is 1. The molecule has 3 rings (SSSR count). The summed E-state index contributed by atoms with van der Waals surface area (Å²) < 4.78 is 26.6. The van der Waals surface area contributed by atoms with Gasteiger partial charge in [-0.15, -0.1) is 0 Å². The standard InChI is InChI=1S/C21H24FNO5S/c1-14-17(19(24)25)6-4-10-21(14,20(26)27)23-11-8-16(9-12-23)29(28)13-15-5-2-3-7-18(15)22/h2-7,10,14,16H,8-9,11-13H2,1H3,(H,24,25)(H,26,27). The number of piperidine rings is 1. The third-order valence-corrected chi connectivity index (χ3v) is 7.75. The average Bonchev–Trinajstić information content (AvgIpc) is 2.69. The Morgan fingerprint density at radius 3 is 2.48 bits per heavy atom. The number of aliphatic carboxylic acids is 2. The monoisotopic (exact) mass is 421 g/mol. The molecule has 1 aromatic carbocycles. The normalized spacial score (nSPS) is 26.7. The fourth-order valence-electron chi connectivity index (χ4n) is 4.23. The molecule has 2 N–H and O–H groups in total. The summed E-state index contributed by atoms with van der Waals surface area (Å²) >= 11 is 0. The van der Waals surface area contributed by atoms with Crippen molar-refractivity contribution in [2.75, 3.05) is 13.1 Å². The van der Waals surface area contributed by atoms with Gasteiger partial charge in [-0.3, -0.25) is 9.11 Å². The van der Waals surface area contributed by atoms with Gasteiger partial charge in [-0.25, -0.2) is 14.0 Å². The Bertz CT molecular complexity index is 891. The van der Waals surface area contributed by atoms with Gasteiger partial charge in [0.25, 0.3) is 0 Å². The molecule has 0 amide bonds. The second-order valence-corrected chi connectivity index (χ2v) is 9.16. The smallest absolute Gasteiger partial charge is 0.331 e. The maximum Gasteiger partial charge on any atom is 0.331 e. The van der Waals surface area contributed by atoms with Crippen LogP contribution >= 0.6 is 0 Å². The minimum absolute atomic E-state index is 0.0557. The van der Waals surface area contributed by atoms with Gasteiger partial charge in [0.2, 0.25) is 0 Å². The third kappa shape index (κ3) is 4.04. The number of hydrogen-bond donors (Lipinski definition) is 2. The average molecular weight is 421 g/mol. The quantitative estimate of drug-likeness (QED) is 0.733. The summed E-state index contributed by atoms with van der Waals surface area (Å²) in [4.78, 5) is 25.5. The molecule has 1 aliphatic carbocycles. The van der Waals surface area contributed by atoms with Crippen LogP contribution in [0, 0.1) is 11.7 Å². The van der Waals surface area contributed by atoms with E-state index in [0.717, 1.165) is 0 Å². The van der Waals surface area contributed by atoms with Gasteiger partial charge in [-0.1, -0.05) is 43.4 Å². The molecular weight excluding hydrogens is 397 g/mol. The van der Waals surface area contributed by atoms with Crippen LogP contribution in [0.3, 0.4) is 0 Å². The molecule has 156 valence electrons. The molecule has 0 radical (unpaired) electrons. The highest BCUT2D eigenvalue weighted by Crippen LogP contribution is 2.38. The summed E-state index contributed by atoms with van der Waals surface area (Å²) in [6.07, 6.45) is 5.47. The molecule has 0 aromatic heterocycles. The molecule has 3 atom stereocenters. The van der Waals surface area contributed by atoms with E-state index in [0.29, 0.717) is 31.5 Å². The molecule has 1 fully saturated rings. The van der Waals surface area contributed by atoms with Crippen LogP contribution in [0.1, 0.15) is 25.3 Å². The Balaban J connectivity index is 1.72. The maximum absolute atomic E-state index is 13.8. The minimum Gasteiger partial charge on any atom is -0.480 e. The lowest BCUT2D eigenvalue weighted by molar-refractivity contribution is -0.152. The molecule has 1 aromatic rings. The minimum atomic E-state index is -1.44. The predicted octanol–water partition coefficient (Wildman–Crippen LogP) is 2.58. The molecule has 0 spiro atoms. The topological polar surface area (TPSA) is 94.9 Å². The lowest BCUT2D eigenvalue weighted by Gasteiger charge is -2.46. The molecule has 2 aliphatic rings. The first-order valence-corrected chi connectivity index (χ1v) is 10.9. The first-order chi connectivity index (χ1) is 13.8. The van der Waals surface area contributed by atoms with E-state index in [1.165, 1.54) is 18.2 Å². The van der Waals surface area contributed by atoms with Crippen LogP contribution in [-0.2, 0) is 26.1 Å². The summed E-state index contributed by atoms with van der Waals surface area (Å²) in [6.45, 7) is 2.36. The van der Waals surface area contributed by atoms with E-state index < -0.39 is 34.2 Å². The Kier molecular flexibility index (Phi) is 6.33. The molecule has 1 heterocycles. The van der Waals surface area contributed by atoms with Gasteiger partial charge in [0, 0.05) is 46.2 Å². The first-order valence-electron chi connectivity index (χ1n) is 9.49. The zero-order valence-electron chi connectivity index (χ0n) is 16.1. The van der Waals surface area contributed by atoms with Crippen molar-refractivity contribution in [3.05, 3.63) is 59.4 Å². The van der Waals surface area contributed by atoms with Crippen LogP contribution in [0.2, 0.25) is 0 Å². The van der Waals surface area contributed by atoms with E-state index in [4.69, 9.17) is 0 Å². The summed E-state index contributed by atoms with van der Waals surface area (Å²) in [5.74, 6) is -3.21. The maximum atomic E-state index is 13.8. The van der Waals surface area contributed by atoms with E-state index in [-0.39, 0.29) is 22.4 Å². The summed E-state index contributed by atoms with van der Waals surface area (Å²) in [7, 11) is -1.27. The van der Waals surface area contributed by atoms with Gasteiger partial charge in [0.05, 0.1) is 5.75 Å². The molecule has 0 bridgehead atoms. The lowest BCUT2D eigenvalue weighted by Crippen LogP contribution is -2.61. The number of benzene rings is 1. The van der Waals surface area contributed by atoms with Crippen LogP contribution in [0.4, 0.5) is 4.39 Å².